The fourth-order valence-electron chi connectivity index (χ4n) is 1.70. The van der Waals surface area contributed by atoms with E-state index in [0.717, 1.165) is 0 Å². The van der Waals surface area contributed by atoms with Crippen LogP contribution in [0.2, 0.25) is 10.0 Å². The predicted octanol–water partition coefficient (Wildman–Crippen LogP) is 2.49. The van der Waals surface area contributed by atoms with Gasteiger partial charge >= 0.3 is 0 Å². The molecule has 3 N–H and O–H groups in total. The summed E-state index contributed by atoms with van der Waals surface area (Å²) in [6.07, 6.45) is 0. The second kappa shape index (κ2) is 3.82. The van der Waals surface area contributed by atoms with E-state index in [1.807, 2.05) is 0 Å². The molecule has 1 aliphatic heterocycles. The molecule has 0 aliphatic carbocycles. The summed E-state index contributed by atoms with van der Waals surface area (Å²) >= 11 is 11.9. The van der Waals surface area contributed by atoms with Crippen molar-refractivity contribution in [1.29, 1.82) is 0 Å². The van der Waals surface area contributed by atoms with Crippen LogP contribution in [0.5, 0.6) is 0 Å². The monoisotopic (exact) mass is 273 g/mol. The van der Waals surface area contributed by atoms with E-state index in [9.17, 15) is 9.90 Å². The predicted molar refractivity (Wildman–Crippen MR) is 63.7 cm³/mol. The molecule has 1 aromatic rings. The number of hydrogen-bond donors (Lipinski definition) is 2. The number of benzene rings is 1. The quantitative estimate of drug-likeness (QED) is 0.825. The number of ether oxygens (including phenoxy) is 1. The molecular formula is C11H9Cl2NO3. The van der Waals surface area contributed by atoms with Gasteiger partial charge < -0.3 is 15.6 Å². The first-order valence-electron chi connectivity index (χ1n) is 4.75. The van der Waals surface area contributed by atoms with Crippen LogP contribution in [0.3, 0.4) is 0 Å². The molecule has 2 rings (SSSR count). The van der Waals surface area contributed by atoms with E-state index in [-0.39, 0.29) is 10.9 Å². The highest BCUT2D eigenvalue weighted by Gasteiger charge is 2.48. The molecule has 1 heterocycles. The number of ketones is 1. The van der Waals surface area contributed by atoms with Crippen LogP contribution in [0.1, 0.15) is 12.5 Å². The van der Waals surface area contributed by atoms with Crippen molar-refractivity contribution in [2.75, 3.05) is 0 Å². The number of Topliss-reactive ketones (excluding diaryl/α,β-unsaturated/α-hetero) is 1. The van der Waals surface area contributed by atoms with E-state index in [1.165, 1.54) is 6.92 Å². The average Bonchev–Trinajstić information content (AvgIpc) is 2.48. The van der Waals surface area contributed by atoms with Crippen LogP contribution in [0, 0.1) is 0 Å². The van der Waals surface area contributed by atoms with Crippen LogP contribution < -0.4 is 5.73 Å². The standard InChI is InChI=1S/C11H9Cl2NO3/c1-11(9(16)8(15)10(14)17-11)5-3-2-4-6(12)7(5)13/h2-4,15H,14H2,1H3. The zero-order chi connectivity index (χ0) is 12.8. The molecule has 4 nitrogen and oxygen atoms in total. The Morgan fingerprint density at radius 2 is 2.06 bits per heavy atom. The van der Waals surface area contributed by atoms with Gasteiger partial charge in [0, 0.05) is 5.56 Å². The molecule has 0 saturated carbocycles. The number of nitrogens with two attached hydrogens (primary N) is 1. The second-order valence-corrected chi connectivity index (χ2v) is 4.56. The summed E-state index contributed by atoms with van der Waals surface area (Å²) in [4.78, 5) is 11.9. The van der Waals surface area contributed by atoms with Gasteiger partial charge in [0.25, 0.3) is 5.78 Å². The molecule has 0 radical (unpaired) electrons. The van der Waals surface area contributed by atoms with Gasteiger partial charge in [-0.1, -0.05) is 35.3 Å². The smallest absolute Gasteiger partial charge is 0.250 e. The van der Waals surface area contributed by atoms with Crippen molar-refractivity contribution in [2.45, 2.75) is 12.5 Å². The van der Waals surface area contributed by atoms with Crippen LogP contribution in [-0.2, 0) is 15.1 Å². The Kier molecular flexibility index (Phi) is 2.72. The van der Waals surface area contributed by atoms with Crippen LogP contribution in [0.15, 0.2) is 29.8 Å². The zero-order valence-electron chi connectivity index (χ0n) is 8.83. The van der Waals surface area contributed by atoms with Gasteiger partial charge in [0.15, 0.2) is 0 Å². The highest BCUT2D eigenvalue weighted by Crippen LogP contribution is 2.41. The van der Waals surface area contributed by atoms with E-state index in [2.05, 4.69) is 0 Å². The van der Waals surface area contributed by atoms with E-state index in [4.69, 9.17) is 33.7 Å². The van der Waals surface area contributed by atoms with Crippen molar-refractivity contribution in [3.05, 3.63) is 45.5 Å². The number of rotatable bonds is 1. The molecule has 0 fully saturated rings. The number of aliphatic hydroxyl groups is 1. The lowest BCUT2D eigenvalue weighted by Crippen LogP contribution is -2.31. The maximum atomic E-state index is 11.9. The summed E-state index contributed by atoms with van der Waals surface area (Å²) in [7, 11) is 0. The van der Waals surface area contributed by atoms with Gasteiger partial charge in [-0.05, 0) is 13.0 Å². The van der Waals surface area contributed by atoms with Gasteiger partial charge in [0.1, 0.15) is 0 Å². The first kappa shape index (κ1) is 12.1. The SMILES string of the molecule is CC1(c2cccc(Cl)c2Cl)OC(N)=C(O)C1=O. The number of carbonyl (C=O) groups excluding carboxylic acids is 1. The Labute approximate surface area is 108 Å². The highest BCUT2D eigenvalue weighted by molar-refractivity contribution is 6.42. The van der Waals surface area contributed by atoms with Gasteiger partial charge in [-0.15, -0.1) is 0 Å². The molecule has 6 heteroatoms. The number of aliphatic hydroxyl groups excluding tert-OH is 1. The van der Waals surface area contributed by atoms with E-state index in [1.54, 1.807) is 18.2 Å². The van der Waals surface area contributed by atoms with Gasteiger partial charge in [0.2, 0.25) is 17.2 Å². The number of hydrogen-bond acceptors (Lipinski definition) is 4. The van der Waals surface area contributed by atoms with Crippen LogP contribution in [-0.4, -0.2) is 10.9 Å². The summed E-state index contributed by atoms with van der Waals surface area (Å²) in [5, 5.41) is 9.93. The average molecular weight is 274 g/mol. The lowest BCUT2D eigenvalue weighted by molar-refractivity contribution is -0.131. The Morgan fingerprint density at radius 1 is 1.41 bits per heavy atom. The number of halogens is 2. The number of carbonyl (C=O) groups is 1. The Morgan fingerprint density at radius 3 is 2.59 bits per heavy atom. The molecule has 1 aromatic carbocycles. The van der Waals surface area contributed by atoms with Crippen molar-refractivity contribution in [3.63, 3.8) is 0 Å². The molecule has 0 amide bonds. The summed E-state index contributed by atoms with van der Waals surface area (Å²) in [6, 6.07) is 4.82. The maximum absolute atomic E-state index is 11.9. The van der Waals surface area contributed by atoms with Gasteiger partial charge in [-0.3, -0.25) is 4.79 Å². The first-order valence-corrected chi connectivity index (χ1v) is 5.50. The third-order valence-corrected chi connectivity index (χ3v) is 3.48. The highest BCUT2D eigenvalue weighted by atomic mass is 35.5. The molecule has 1 unspecified atom stereocenters. The lowest BCUT2D eigenvalue weighted by Gasteiger charge is -2.24. The molecule has 0 aromatic heterocycles. The lowest BCUT2D eigenvalue weighted by atomic mass is 9.91. The van der Waals surface area contributed by atoms with E-state index in [0.29, 0.717) is 10.6 Å². The Bertz CT molecular complexity index is 542. The molecule has 0 bridgehead atoms. The second-order valence-electron chi connectivity index (χ2n) is 3.78. The Hall–Kier alpha value is -1.39. The Balaban J connectivity index is 2.56. The minimum Gasteiger partial charge on any atom is -0.501 e. The third-order valence-electron chi connectivity index (χ3n) is 2.66. The van der Waals surface area contributed by atoms with Crippen molar-refractivity contribution in [1.82, 2.24) is 0 Å². The summed E-state index contributed by atoms with van der Waals surface area (Å²) in [5.41, 5.74) is 4.31. The summed E-state index contributed by atoms with van der Waals surface area (Å²) < 4.78 is 5.21. The third kappa shape index (κ3) is 1.64. The van der Waals surface area contributed by atoms with Crippen LogP contribution in [0.4, 0.5) is 0 Å². The van der Waals surface area contributed by atoms with Crippen LogP contribution in [0.25, 0.3) is 0 Å². The fourth-order valence-corrected chi connectivity index (χ4v) is 2.18. The largest absolute Gasteiger partial charge is 0.501 e. The van der Waals surface area contributed by atoms with E-state index >= 15 is 0 Å². The fraction of sp³-hybridized carbons (Fsp3) is 0.182. The maximum Gasteiger partial charge on any atom is 0.250 e. The molecular weight excluding hydrogens is 265 g/mol. The van der Waals surface area contributed by atoms with Crippen molar-refractivity contribution < 1.29 is 14.6 Å². The minimum absolute atomic E-state index is 0.201. The molecule has 0 saturated heterocycles. The van der Waals surface area contributed by atoms with Crippen molar-refractivity contribution in [2.24, 2.45) is 5.73 Å². The van der Waals surface area contributed by atoms with Crippen LogP contribution >= 0.6 is 23.2 Å². The zero-order valence-corrected chi connectivity index (χ0v) is 10.3. The molecule has 1 aliphatic rings. The molecule has 0 spiro atoms. The summed E-state index contributed by atoms with van der Waals surface area (Å²) in [5.74, 6) is -1.55. The van der Waals surface area contributed by atoms with Crippen molar-refractivity contribution >= 4 is 29.0 Å². The minimum atomic E-state index is -1.43. The molecule has 1 atom stereocenters. The van der Waals surface area contributed by atoms with Gasteiger partial charge in [0.05, 0.1) is 10.0 Å². The van der Waals surface area contributed by atoms with Gasteiger partial charge in [-0.2, -0.15) is 0 Å². The first-order chi connectivity index (χ1) is 7.88. The van der Waals surface area contributed by atoms with Gasteiger partial charge in [-0.25, -0.2) is 0 Å². The molecule has 17 heavy (non-hydrogen) atoms. The topological polar surface area (TPSA) is 72.6 Å². The normalized spacial score (nSPS) is 24.1. The van der Waals surface area contributed by atoms with E-state index < -0.39 is 17.1 Å². The summed E-state index contributed by atoms with van der Waals surface area (Å²) in [6.45, 7) is 1.48. The molecule has 90 valence electrons. The van der Waals surface area contributed by atoms with Crippen molar-refractivity contribution in [3.8, 4) is 0 Å².